The number of benzene rings is 1. The second-order valence-corrected chi connectivity index (χ2v) is 7.42. The Balaban J connectivity index is 1.38. The van der Waals surface area contributed by atoms with Gasteiger partial charge in [0, 0.05) is 50.8 Å². The molecule has 7 nitrogen and oxygen atoms in total. The van der Waals surface area contributed by atoms with E-state index in [-0.39, 0.29) is 11.9 Å². The van der Waals surface area contributed by atoms with E-state index in [2.05, 4.69) is 20.5 Å². The molecule has 1 aromatic carbocycles. The third kappa shape index (κ3) is 6.02. The van der Waals surface area contributed by atoms with Crippen LogP contribution in [0.1, 0.15) is 16.7 Å². The number of aromatic nitrogens is 1. The standard InChI is InChI=1S/C22H29N5O2/c1-17-5-3-6-18(2)21(17)25-20(28)16-26-11-13-27(14-12-26)22(29)24-10-8-19-7-4-9-23-15-19/h3-7,9,15H,8,10-14,16H2,1-2H3,(H,24,29)(H,25,28). The largest absolute Gasteiger partial charge is 0.338 e. The van der Waals surface area contributed by atoms with Crippen LogP contribution in [0, 0.1) is 13.8 Å². The molecule has 0 radical (unpaired) electrons. The molecule has 7 heteroatoms. The minimum absolute atomic E-state index is 0.0169. The van der Waals surface area contributed by atoms with Crippen molar-refractivity contribution in [2.45, 2.75) is 20.3 Å². The molecule has 0 bridgehead atoms. The molecule has 1 aliphatic heterocycles. The Labute approximate surface area is 172 Å². The molecule has 1 aromatic heterocycles. The number of aryl methyl sites for hydroxylation is 2. The predicted molar refractivity (Wildman–Crippen MR) is 114 cm³/mol. The summed E-state index contributed by atoms with van der Waals surface area (Å²) in [6.45, 7) is 7.53. The van der Waals surface area contributed by atoms with E-state index in [1.54, 1.807) is 6.20 Å². The number of anilines is 1. The Bertz CT molecular complexity index is 812. The maximum absolute atomic E-state index is 12.4. The van der Waals surface area contributed by atoms with Crippen LogP contribution in [-0.2, 0) is 11.2 Å². The summed E-state index contributed by atoms with van der Waals surface area (Å²) < 4.78 is 0. The molecular formula is C22H29N5O2. The number of nitrogens with zero attached hydrogens (tertiary/aromatic N) is 3. The van der Waals surface area contributed by atoms with E-state index < -0.39 is 0 Å². The molecule has 2 N–H and O–H groups in total. The minimum Gasteiger partial charge on any atom is -0.338 e. The number of urea groups is 1. The number of para-hydroxylation sites is 1. The molecule has 154 valence electrons. The predicted octanol–water partition coefficient (Wildman–Crippen LogP) is 2.21. The van der Waals surface area contributed by atoms with Gasteiger partial charge in [-0.15, -0.1) is 0 Å². The minimum atomic E-state index is -0.0477. The summed E-state index contributed by atoms with van der Waals surface area (Å²) in [4.78, 5) is 32.7. The highest BCUT2D eigenvalue weighted by Crippen LogP contribution is 2.19. The van der Waals surface area contributed by atoms with Crippen molar-refractivity contribution in [3.8, 4) is 0 Å². The van der Waals surface area contributed by atoms with E-state index in [4.69, 9.17) is 0 Å². The van der Waals surface area contributed by atoms with Crippen LogP contribution in [0.2, 0.25) is 0 Å². The number of pyridine rings is 1. The van der Waals surface area contributed by atoms with Gasteiger partial charge in [0.15, 0.2) is 0 Å². The zero-order chi connectivity index (χ0) is 20.6. The van der Waals surface area contributed by atoms with Gasteiger partial charge in [0.2, 0.25) is 5.91 Å². The first-order chi connectivity index (χ1) is 14.0. The quantitative estimate of drug-likeness (QED) is 0.786. The van der Waals surface area contributed by atoms with Crippen LogP contribution >= 0.6 is 0 Å². The Hall–Kier alpha value is -2.93. The topological polar surface area (TPSA) is 77.6 Å². The Morgan fingerprint density at radius 3 is 2.41 bits per heavy atom. The van der Waals surface area contributed by atoms with Crippen molar-refractivity contribution in [1.29, 1.82) is 0 Å². The third-order valence-corrected chi connectivity index (χ3v) is 5.18. The molecule has 3 amide bonds. The van der Waals surface area contributed by atoms with Gasteiger partial charge >= 0.3 is 6.03 Å². The van der Waals surface area contributed by atoms with Gasteiger partial charge in [-0.05, 0) is 43.0 Å². The van der Waals surface area contributed by atoms with Crippen LogP contribution in [0.15, 0.2) is 42.7 Å². The van der Waals surface area contributed by atoms with E-state index in [1.807, 2.05) is 55.3 Å². The third-order valence-electron chi connectivity index (χ3n) is 5.18. The van der Waals surface area contributed by atoms with Gasteiger partial charge in [-0.25, -0.2) is 4.79 Å². The van der Waals surface area contributed by atoms with Gasteiger partial charge in [0.05, 0.1) is 6.54 Å². The summed E-state index contributed by atoms with van der Waals surface area (Å²) in [6, 6.07) is 9.83. The molecule has 1 fully saturated rings. The highest BCUT2D eigenvalue weighted by Gasteiger charge is 2.22. The maximum Gasteiger partial charge on any atom is 0.317 e. The van der Waals surface area contributed by atoms with Crippen molar-refractivity contribution >= 4 is 17.6 Å². The highest BCUT2D eigenvalue weighted by molar-refractivity contribution is 5.93. The number of carbonyl (C=O) groups is 2. The maximum atomic E-state index is 12.4. The lowest BCUT2D eigenvalue weighted by atomic mass is 10.1. The van der Waals surface area contributed by atoms with Crippen LogP contribution in [-0.4, -0.2) is 66.0 Å². The molecule has 0 aliphatic carbocycles. The lowest BCUT2D eigenvalue weighted by Crippen LogP contribution is -2.53. The fourth-order valence-electron chi connectivity index (χ4n) is 3.47. The summed E-state index contributed by atoms with van der Waals surface area (Å²) in [6.07, 6.45) is 4.32. The van der Waals surface area contributed by atoms with Crippen molar-refractivity contribution in [2.24, 2.45) is 0 Å². The summed E-state index contributed by atoms with van der Waals surface area (Å²) >= 11 is 0. The monoisotopic (exact) mass is 395 g/mol. The van der Waals surface area contributed by atoms with Gasteiger partial charge < -0.3 is 15.5 Å². The average molecular weight is 396 g/mol. The molecule has 1 aliphatic rings. The molecule has 2 aromatic rings. The first kappa shape index (κ1) is 20.8. The SMILES string of the molecule is Cc1cccc(C)c1NC(=O)CN1CCN(C(=O)NCCc2cccnc2)CC1. The van der Waals surface area contributed by atoms with Crippen molar-refractivity contribution in [3.63, 3.8) is 0 Å². The lowest BCUT2D eigenvalue weighted by Gasteiger charge is -2.34. The first-order valence-electron chi connectivity index (χ1n) is 10.0. The fraction of sp³-hybridized carbons (Fsp3) is 0.409. The number of hydrogen-bond acceptors (Lipinski definition) is 4. The van der Waals surface area contributed by atoms with Crippen molar-refractivity contribution < 1.29 is 9.59 Å². The van der Waals surface area contributed by atoms with Gasteiger partial charge in [-0.2, -0.15) is 0 Å². The Morgan fingerprint density at radius 1 is 1.03 bits per heavy atom. The van der Waals surface area contributed by atoms with Crippen molar-refractivity contribution in [3.05, 3.63) is 59.4 Å². The first-order valence-corrected chi connectivity index (χ1v) is 10.0. The van der Waals surface area contributed by atoms with Crippen molar-refractivity contribution in [2.75, 3.05) is 44.6 Å². The van der Waals surface area contributed by atoms with Gasteiger partial charge in [0.1, 0.15) is 0 Å². The van der Waals surface area contributed by atoms with Crippen molar-refractivity contribution in [1.82, 2.24) is 20.1 Å². The zero-order valence-corrected chi connectivity index (χ0v) is 17.1. The summed E-state index contributed by atoms with van der Waals surface area (Å²) in [5.74, 6) is -0.0169. The van der Waals surface area contributed by atoms with E-state index in [0.717, 1.165) is 28.8 Å². The van der Waals surface area contributed by atoms with Gasteiger partial charge in [0.25, 0.3) is 0 Å². The number of piperazine rings is 1. The molecular weight excluding hydrogens is 366 g/mol. The van der Waals surface area contributed by atoms with Gasteiger partial charge in [-0.3, -0.25) is 14.7 Å². The summed E-state index contributed by atoms with van der Waals surface area (Å²) in [5.41, 5.74) is 4.12. The summed E-state index contributed by atoms with van der Waals surface area (Å²) in [5, 5.41) is 5.99. The smallest absolute Gasteiger partial charge is 0.317 e. The van der Waals surface area contributed by atoms with Crippen LogP contribution in [0.3, 0.4) is 0 Å². The zero-order valence-electron chi connectivity index (χ0n) is 17.1. The average Bonchev–Trinajstić information content (AvgIpc) is 2.72. The molecule has 29 heavy (non-hydrogen) atoms. The Morgan fingerprint density at radius 2 is 1.76 bits per heavy atom. The number of carbonyl (C=O) groups excluding carboxylic acids is 2. The Kier molecular flexibility index (Phi) is 7.19. The highest BCUT2D eigenvalue weighted by atomic mass is 16.2. The van der Waals surface area contributed by atoms with Crippen LogP contribution in [0.25, 0.3) is 0 Å². The van der Waals surface area contributed by atoms with Gasteiger partial charge in [-0.1, -0.05) is 24.3 Å². The van der Waals surface area contributed by atoms with Crippen LogP contribution in [0.5, 0.6) is 0 Å². The second kappa shape index (κ2) is 10.0. The molecule has 0 unspecified atom stereocenters. The number of amides is 3. The van der Waals surface area contributed by atoms with E-state index in [1.165, 1.54) is 0 Å². The number of nitrogens with one attached hydrogen (secondary N) is 2. The van der Waals surface area contributed by atoms with E-state index in [0.29, 0.717) is 39.3 Å². The molecule has 2 heterocycles. The molecule has 0 saturated carbocycles. The lowest BCUT2D eigenvalue weighted by molar-refractivity contribution is -0.117. The number of rotatable bonds is 6. The number of hydrogen-bond donors (Lipinski definition) is 2. The molecule has 3 rings (SSSR count). The normalized spacial score (nSPS) is 14.5. The second-order valence-electron chi connectivity index (χ2n) is 7.42. The van der Waals surface area contributed by atoms with E-state index in [9.17, 15) is 9.59 Å². The van der Waals surface area contributed by atoms with Crippen LogP contribution < -0.4 is 10.6 Å². The molecule has 1 saturated heterocycles. The van der Waals surface area contributed by atoms with Crippen LogP contribution in [0.4, 0.5) is 10.5 Å². The molecule has 0 atom stereocenters. The van der Waals surface area contributed by atoms with E-state index >= 15 is 0 Å². The fourth-order valence-corrected chi connectivity index (χ4v) is 3.47. The summed E-state index contributed by atoms with van der Waals surface area (Å²) in [7, 11) is 0. The molecule has 0 spiro atoms.